The summed E-state index contributed by atoms with van der Waals surface area (Å²) in [5.74, 6) is -2.21. The summed E-state index contributed by atoms with van der Waals surface area (Å²) in [5, 5.41) is 0. The molecule has 2 aromatic rings. The normalized spacial score (nSPS) is 15.5. The minimum absolute atomic E-state index is 0.131. The second-order valence-electron chi connectivity index (χ2n) is 7.07. The standard InChI is InChI=1S/C22H23FN2O5/c1-2-30-22(29)16-10-13-24(14-11-16)21(28)19(25-12-4-3-5-18(25)26)20(27)15-6-8-17(23)9-7-15/h3-9,12,16,19H,2,10-11,13-14H2,1H3. The van der Waals surface area contributed by atoms with Gasteiger partial charge in [0.2, 0.25) is 0 Å². The zero-order valence-electron chi connectivity index (χ0n) is 16.6. The Bertz CT molecular complexity index is 978. The van der Waals surface area contributed by atoms with Crippen molar-refractivity contribution in [1.29, 1.82) is 0 Å². The van der Waals surface area contributed by atoms with Gasteiger partial charge in [-0.2, -0.15) is 0 Å². The summed E-state index contributed by atoms with van der Waals surface area (Å²) in [6.45, 7) is 2.58. The Morgan fingerprint density at radius 3 is 2.37 bits per heavy atom. The van der Waals surface area contributed by atoms with Crippen molar-refractivity contribution in [2.75, 3.05) is 19.7 Å². The van der Waals surface area contributed by atoms with Crippen molar-refractivity contribution in [1.82, 2.24) is 9.47 Å². The van der Waals surface area contributed by atoms with E-state index in [1.165, 1.54) is 35.4 Å². The quantitative estimate of drug-likeness (QED) is 0.411. The van der Waals surface area contributed by atoms with Crippen LogP contribution in [0.1, 0.15) is 36.2 Å². The molecule has 0 spiro atoms. The summed E-state index contributed by atoms with van der Waals surface area (Å²) >= 11 is 0. The summed E-state index contributed by atoms with van der Waals surface area (Å²) in [6.07, 6.45) is 2.23. The molecule has 0 N–H and O–H groups in total. The molecule has 7 nitrogen and oxygen atoms in total. The van der Waals surface area contributed by atoms with Gasteiger partial charge in [0.05, 0.1) is 12.5 Å². The van der Waals surface area contributed by atoms with Crippen LogP contribution in [0.5, 0.6) is 0 Å². The minimum Gasteiger partial charge on any atom is -0.466 e. The first-order valence-electron chi connectivity index (χ1n) is 9.84. The highest BCUT2D eigenvalue weighted by Gasteiger charge is 2.36. The fraction of sp³-hybridized carbons (Fsp3) is 0.364. The van der Waals surface area contributed by atoms with Crippen LogP contribution in [0.4, 0.5) is 4.39 Å². The first kappa shape index (κ1) is 21.4. The molecule has 1 saturated heterocycles. The third kappa shape index (κ3) is 4.64. The van der Waals surface area contributed by atoms with Crippen LogP contribution in [0.2, 0.25) is 0 Å². The number of carbonyl (C=O) groups is 3. The van der Waals surface area contributed by atoms with Gasteiger partial charge in [0.15, 0.2) is 11.8 Å². The molecule has 30 heavy (non-hydrogen) atoms. The summed E-state index contributed by atoms with van der Waals surface area (Å²) in [4.78, 5) is 52.2. The molecule has 0 saturated carbocycles. The molecular weight excluding hydrogens is 391 g/mol. The third-order valence-corrected chi connectivity index (χ3v) is 5.17. The molecule has 0 radical (unpaired) electrons. The number of pyridine rings is 1. The number of aromatic nitrogens is 1. The van der Waals surface area contributed by atoms with E-state index in [2.05, 4.69) is 0 Å². The number of rotatable bonds is 6. The Morgan fingerprint density at radius 2 is 1.77 bits per heavy atom. The van der Waals surface area contributed by atoms with Gasteiger partial charge in [0, 0.05) is 30.9 Å². The number of carbonyl (C=O) groups excluding carboxylic acids is 3. The lowest BCUT2D eigenvalue weighted by atomic mass is 9.95. The Morgan fingerprint density at radius 1 is 1.10 bits per heavy atom. The zero-order valence-corrected chi connectivity index (χ0v) is 16.6. The number of halogens is 1. The van der Waals surface area contributed by atoms with E-state index >= 15 is 0 Å². The van der Waals surface area contributed by atoms with Crippen LogP contribution in [0.25, 0.3) is 0 Å². The maximum atomic E-state index is 13.3. The first-order valence-corrected chi connectivity index (χ1v) is 9.84. The van der Waals surface area contributed by atoms with E-state index in [0.717, 1.165) is 16.7 Å². The summed E-state index contributed by atoms with van der Waals surface area (Å²) in [5.41, 5.74) is -0.361. The molecule has 8 heteroatoms. The van der Waals surface area contributed by atoms with E-state index in [4.69, 9.17) is 4.74 Å². The molecular formula is C22H23FN2O5. The van der Waals surface area contributed by atoms with E-state index in [1.807, 2.05) is 0 Å². The number of ketones is 1. The van der Waals surface area contributed by atoms with Gasteiger partial charge in [-0.15, -0.1) is 0 Å². The minimum atomic E-state index is -1.40. The lowest BCUT2D eigenvalue weighted by Crippen LogP contribution is -2.47. The highest BCUT2D eigenvalue weighted by molar-refractivity contribution is 6.11. The first-order chi connectivity index (χ1) is 14.4. The maximum Gasteiger partial charge on any atom is 0.309 e. The van der Waals surface area contributed by atoms with Crippen molar-refractivity contribution in [2.45, 2.75) is 25.8 Å². The topological polar surface area (TPSA) is 85.7 Å². The predicted molar refractivity (Wildman–Crippen MR) is 106 cm³/mol. The molecule has 1 atom stereocenters. The number of benzene rings is 1. The van der Waals surface area contributed by atoms with Crippen molar-refractivity contribution < 1.29 is 23.5 Å². The highest BCUT2D eigenvalue weighted by atomic mass is 19.1. The van der Waals surface area contributed by atoms with Crippen LogP contribution in [0.15, 0.2) is 53.5 Å². The lowest BCUT2D eigenvalue weighted by Gasteiger charge is -2.33. The van der Waals surface area contributed by atoms with Crippen molar-refractivity contribution in [2.24, 2.45) is 5.92 Å². The molecule has 1 fully saturated rings. The molecule has 1 aromatic heterocycles. The smallest absolute Gasteiger partial charge is 0.309 e. The van der Waals surface area contributed by atoms with E-state index in [9.17, 15) is 23.6 Å². The number of piperidine rings is 1. The number of ether oxygens (including phenoxy) is 1. The van der Waals surface area contributed by atoms with Gasteiger partial charge < -0.3 is 9.64 Å². The van der Waals surface area contributed by atoms with Gasteiger partial charge in [-0.05, 0) is 50.1 Å². The summed E-state index contributed by atoms with van der Waals surface area (Å²) in [7, 11) is 0. The maximum absolute atomic E-state index is 13.3. The van der Waals surface area contributed by atoms with E-state index in [0.29, 0.717) is 19.4 Å². The Kier molecular flexibility index (Phi) is 6.76. The number of amides is 1. The van der Waals surface area contributed by atoms with Gasteiger partial charge in [-0.25, -0.2) is 4.39 Å². The van der Waals surface area contributed by atoms with Crippen LogP contribution in [-0.2, 0) is 14.3 Å². The SMILES string of the molecule is CCOC(=O)C1CCN(C(=O)C(C(=O)c2ccc(F)cc2)n2ccccc2=O)CC1. The highest BCUT2D eigenvalue weighted by Crippen LogP contribution is 2.23. The molecule has 1 unspecified atom stereocenters. The molecule has 0 aliphatic carbocycles. The van der Waals surface area contributed by atoms with Gasteiger partial charge in [-0.1, -0.05) is 6.07 Å². The number of hydrogen-bond acceptors (Lipinski definition) is 5. The third-order valence-electron chi connectivity index (χ3n) is 5.17. The molecule has 1 aromatic carbocycles. The van der Waals surface area contributed by atoms with Crippen LogP contribution in [0.3, 0.4) is 0 Å². The number of likely N-dealkylation sites (tertiary alicyclic amines) is 1. The Labute approximate surface area is 173 Å². The number of nitrogens with zero attached hydrogens (tertiary/aromatic N) is 2. The molecule has 0 bridgehead atoms. The van der Waals surface area contributed by atoms with Crippen LogP contribution >= 0.6 is 0 Å². The largest absolute Gasteiger partial charge is 0.466 e. The number of hydrogen-bond donors (Lipinski definition) is 0. The molecule has 2 heterocycles. The van der Waals surface area contributed by atoms with Crippen molar-refractivity contribution >= 4 is 17.7 Å². The van der Waals surface area contributed by atoms with Gasteiger partial charge in [0.25, 0.3) is 11.5 Å². The van der Waals surface area contributed by atoms with Gasteiger partial charge in [0.1, 0.15) is 5.82 Å². The van der Waals surface area contributed by atoms with Gasteiger partial charge in [-0.3, -0.25) is 23.7 Å². The fourth-order valence-electron chi connectivity index (χ4n) is 3.55. The second-order valence-corrected chi connectivity index (χ2v) is 7.07. The lowest BCUT2D eigenvalue weighted by molar-refractivity contribution is -0.151. The predicted octanol–water partition coefficient (Wildman–Crippen LogP) is 2.21. The van der Waals surface area contributed by atoms with Crippen molar-refractivity contribution in [3.05, 3.63) is 70.4 Å². The molecule has 1 aliphatic rings. The number of esters is 1. The van der Waals surface area contributed by atoms with E-state index in [1.54, 1.807) is 13.0 Å². The Hall–Kier alpha value is -3.29. The monoisotopic (exact) mass is 414 g/mol. The summed E-state index contributed by atoms with van der Waals surface area (Å²) < 4.78 is 19.4. The van der Waals surface area contributed by atoms with Gasteiger partial charge >= 0.3 is 5.97 Å². The molecule has 158 valence electrons. The summed E-state index contributed by atoms with van der Waals surface area (Å²) in [6, 6.07) is 7.80. The van der Waals surface area contributed by atoms with Crippen molar-refractivity contribution in [3.8, 4) is 0 Å². The number of Topliss-reactive ketones (excluding diaryl/α,β-unsaturated/α-hetero) is 1. The Balaban J connectivity index is 1.86. The average Bonchev–Trinajstić information content (AvgIpc) is 2.76. The molecule has 1 aliphatic heterocycles. The zero-order chi connectivity index (χ0) is 21.7. The van der Waals surface area contributed by atoms with E-state index < -0.39 is 29.1 Å². The van der Waals surface area contributed by atoms with Crippen LogP contribution in [-0.4, -0.2) is 46.8 Å². The second kappa shape index (κ2) is 9.47. The van der Waals surface area contributed by atoms with Crippen molar-refractivity contribution in [3.63, 3.8) is 0 Å². The molecule has 3 rings (SSSR count). The van der Waals surface area contributed by atoms with E-state index in [-0.39, 0.29) is 30.5 Å². The molecule has 1 amide bonds. The van der Waals surface area contributed by atoms with Crippen LogP contribution in [0, 0.1) is 11.7 Å². The fourth-order valence-corrected chi connectivity index (χ4v) is 3.55. The average molecular weight is 414 g/mol. The van der Waals surface area contributed by atoms with Crippen LogP contribution < -0.4 is 5.56 Å².